The van der Waals surface area contributed by atoms with Crippen LogP contribution in [0.2, 0.25) is 4.89 Å². The molecule has 0 amide bonds. The summed E-state index contributed by atoms with van der Waals surface area (Å²) < 4.78 is 2.13. The first-order valence-electron chi connectivity index (χ1n) is 3.66. The Kier molecular flexibility index (Phi) is 4.07. The molecule has 2 heteroatoms. The second-order valence-corrected chi connectivity index (χ2v) is 4.08. The van der Waals surface area contributed by atoms with E-state index in [9.17, 15) is 4.79 Å². The van der Waals surface area contributed by atoms with Crippen molar-refractivity contribution in [3.05, 3.63) is 35.9 Å². The van der Waals surface area contributed by atoms with Crippen LogP contribution in [0.4, 0.5) is 0 Å². The summed E-state index contributed by atoms with van der Waals surface area (Å²) in [6.07, 6.45) is 0. The molecule has 0 bridgehead atoms. The molecule has 0 saturated carbocycles. The molecule has 0 unspecified atom stereocenters. The first-order chi connectivity index (χ1) is 5.79. The molecule has 1 aromatic carbocycles. The van der Waals surface area contributed by atoms with Gasteiger partial charge < -0.3 is 0 Å². The van der Waals surface area contributed by atoms with Crippen LogP contribution in [0.15, 0.2) is 30.3 Å². The SMILES string of the molecule is CC(=O)[CH2][Pd]=[CH]c1ccccc1. The van der Waals surface area contributed by atoms with E-state index in [0.717, 1.165) is 0 Å². The van der Waals surface area contributed by atoms with Gasteiger partial charge in [-0.2, -0.15) is 0 Å². The van der Waals surface area contributed by atoms with Gasteiger partial charge in [0.15, 0.2) is 0 Å². The van der Waals surface area contributed by atoms with Crippen LogP contribution in [-0.4, -0.2) is 10.3 Å². The number of rotatable bonds is 3. The van der Waals surface area contributed by atoms with Crippen LogP contribution in [-0.2, 0) is 22.3 Å². The first kappa shape index (κ1) is 9.51. The van der Waals surface area contributed by atoms with E-state index in [1.807, 2.05) is 18.2 Å². The maximum absolute atomic E-state index is 10.6. The van der Waals surface area contributed by atoms with Gasteiger partial charge in [0, 0.05) is 0 Å². The van der Waals surface area contributed by atoms with E-state index < -0.39 is 0 Å². The number of benzene rings is 1. The molecular weight excluding hydrogens is 243 g/mol. The Hall–Kier alpha value is -0.578. The monoisotopic (exact) mass is 253 g/mol. The Balaban J connectivity index is 2.52. The fraction of sp³-hybridized carbons (Fsp3) is 0.200. The number of carbonyl (C=O) groups excluding carboxylic acids is 1. The number of ketones is 1. The fourth-order valence-electron chi connectivity index (χ4n) is 0.712. The van der Waals surface area contributed by atoms with Crippen LogP contribution < -0.4 is 0 Å². The van der Waals surface area contributed by atoms with Crippen LogP contribution in [0.3, 0.4) is 0 Å². The zero-order valence-corrected chi connectivity index (χ0v) is 8.45. The third-order valence-electron chi connectivity index (χ3n) is 1.19. The van der Waals surface area contributed by atoms with Crippen LogP contribution >= 0.6 is 0 Å². The van der Waals surface area contributed by atoms with Gasteiger partial charge in [-0.15, -0.1) is 0 Å². The topological polar surface area (TPSA) is 17.1 Å². The number of carbonyl (C=O) groups is 1. The number of Topliss-reactive ketones (excluding diaryl/α,β-unsaturated/α-hetero) is 1. The molecule has 0 N–H and O–H groups in total. The summed E-state index contributed by atoms with van der Waals surface area (Å²) >= 11 is 0.431. The summed E-state index contributed by atoms with van der Waals surface area (Å²) in [4.78, 5) is 11.3. The molecule has 1 rings (SSSR count). The molecule has 0 heterocycles. The van der Waals surface area contributed by atoms with Gasteiger partial charge in [0.2, 0.25) is 0 Å². The van der Waals surface area contributed by atoms with E-state index in [0.29, 0.717) is 22.4 Å². The van der Waals surface area contributed by atoms with Gasteiger partial charge in [-0.05, 0) is 0 Å². The molecule has 12 heavy (non-hydrogen) atoms. The summed E-state index contributed by atoms with van der Waals surface area (Å²) in [5, 5.41) is 0. The Morgan fingerprint density at radius 1 is 1.42 bits per heavy atom. The zero-order chi connectivity index (χ0) is 8.81. The molecule has 0 aliphatic carbocycles. The molecule has 0 fully saturated rings. The van der Waals surface area contributed by atoms with Gasteiger partial charge in [-0.1, -0.05) is 0 Å². The van der Waals surface area contributed by atoms with E-state index in [1.165, 1.54) is 5.56 Å². The van der Waals surface area contributed by atoms with Crippen molar-refractivity contribution in [1.82, 2.24) is 0 Å². The molecule has 67 valence electrons. The molecule has 0 saturated heterocycles. The Labute approximate surface area is 80.5 Å². The van der Waals surface area contributed by atoms with Crippen molar-refractivity contribution in [2.24, 2.45) is 0 Å². The van der Waals surface area contributed by atoms with Gasteiger partial charge in [0.05, 0.1) is 0 Å². The minimum atomic E-state index is 0.274. The van der Waals surface area contributed by atoms with Gasteiger partial charge in [0.25, 0.3) is 0 Å². The van der Waals surface area contributed by atoms with Crippen molar-refractivity contribution in [2.45, 2.75) is 11.8 Å². The summed E-state index contributed by atoms with van der Waals surface area (Å²) in [7, 11) is 0. The minimum absolute atomic E-state index is 0.274. The van der Waals surface area contributed by atoms with Gasteiger partial charge in [-0.3, -0.25) is 0 Å². The molecule has 0 atom stereocenters. The maximum atomic E-state index is 10.6. The van der Waals surface area contributed by atoms with Crippen LogP contribution in [0.5, 0.6) is 0 Å². The molecule has 0 aromatic heterocycles. The predicted octanol–water partition coefficient (Wildman–Crippen LogP) is 1.93. The van der Waals surface area contributed by atoms with E-state index in [-0.39, 0.29) is 5.78 Å². The van der Waals surface area contributed by atoms with Crippen LogP contribution in [0, 0.1) is 0 Å². The molecule has 0 aliphatic rings. The second kappa shape index (κ2) is 5.14. The van der Waals surface area contributed by atoms with Crippen molar-refractivity contribution >= 4 is 10.3 Å². The summed E-state index contributed by atoms with van der Waals surface area (Å²) in [5.74, 6) is 0.274. The van der Waals surface area contributed by atoms with Crippen molar-refractivity contribution in [1.29, 1.82) is 0 Å². The summed E-state index contributed by atoms with van der Waals surface area (Å²) in [6, 6.07) is 10.1. The van der Waals surface area contributed by atoms with E-state index >= 15 is 0 Å². The molecule has 0 radical (unpaired) electrons. The van der Waals surface area contributed by atoms with Crippen molar-refractivity contribution in [3.8, 4) is 0 Å². The van der Waals surface area contributed by atoms with Crippen molar-refractivity contribution in [3.63, 3.8) is 0 Å². The third-order valence-corrected chi connectivity index (χ3v) is 3.12. The molecule has 1 aromatic rings. The van der Waals surface area contributed by atoms with Crippen LogP contribution in [0.25, 0.3) is 0 Å². The van der Waals surface area contributed by atoms with Gasteiger partial charge in [-0.25, -0.2) is 0 Å². The van der Waals surface area contributed by atoms with E-state index in [1.54, 1.807) is 6.92 Å². The Bertz CT molecular complexity index is 277. The second-order valence-electron chi connectivity index (χ2n) is 2.44. The Morgan fingerprint density at radius 2 is 2.08 bits per heavy atom. The van der Waals surface area contributed by atoms with Crippen molar-refractivity contribution in [2.75, 3.05) is 0 Å². The standard InChI is InChI=1S/C7H6.C3H5O.Pd/c1-7-5-3-2-4-6-7;1-3(2)4;/h1-6H;1H2,2H3;. The third kappa shape index (κ3) is 3.71. The Morgan fingerprint density at radius 3 is 2.67 bits per heavy atom. The van der Waals surface area contributed by atoms with Crippen molar-refractivity contribution < 1.29 is 22.3 Å². The van der Waals surface area contributed by atoms with Gasteiger partial charge in [0.1, 0.15) is 0 Å². The summed E-state index contributed by atoms with van der Waals surface area (Å²) in [5.41, 5.74) is 1.22. The van der Waals surface area contributed by atoms with Gasteiger partial charge >= 0.3 is 80.3 Å². The van der Waals surface area contributed by atoms with E-state index in [2.05, 4.69) is 16.6 Å². The molecular formula is C10H11OPd. The predicted molar refractivity (Wildman–Crippen MR) is 47.1 cm³/mol. The van der Waals surface area contributed by atoms with E-state index in [4.69, 9.17) is 0 Å². The average Bonchev–Trinajstić information content (AvgIpc) is 2.05. The molecule has 0 spiro atoms. The first-order valence-corrected chi connectivity index (χ1v) is 5.66. The fourth-order valence-corrected chi connectivity index (χ4v) is 1.98. The quantitative estimate of drug-likeness (QED) is 0.753. The normalized spacial score (nSPS) is 11.8. The molecule has 1 nitrogen and oxygen atoms in total. The number of hydrogen-bond donors (Lipinski definition) is 0. The van der Waals surface area contributed by atoms with Crippen LogP contribution in [0.1, 0.15) is 12.5 Å². The average molecular weight is 254 g/mol. The zero-order valence-electron chi connectivity index (χ0n) is 6.90. The molecule has 0 aliphatic heterocycles. The summed E-state index contributed by atoms with van der Waals surface area (Å²) in [6.45, 7) is 1.64. The number of hydrogen-bond acceptors (Lipinski definition) is 1.